The van der Waals surface area contributed by atoms with Crippen LogP contribution >= 0.6 is 27.5 Å². The van der Waals surface area contributed by atoms with Crippen LogP contribution in [0.5, 0.6) is 0 Å². The molecule has 0 aliphatic carbocycles. The lowest BCUT2D eigenvalue weighted by atomic mass is 10.1. The topological polar surface area (TPSA) is 24.9 Å². The van der Waals surface area contributed by atoms with Crippen molar-refractivity contribution in [2.75, 3.05) is 5.32 Å². The number of nitrogens with one attached hydrogen (secondary N) is 1. The van der Waals surface area contributed by atoms with Gasteiger partial charge in [0.2, 0.25) is 0 Å². The van der Waals surface area contributed by atoms with Crippen LogP contribution in [-0.2, 0) is 0 Å². The third kappa shape index (κ3) is 2.79. The molecule has 17 heavy (non-hydrogen) atoms. The minimum Gasteiger partial charge on any atom is -0.339 e. The van der Waals surface area contributed by atoms with E-state index in [2.05, 4.69) is 46.1 Å². The summed E-state index contributed by atoms with van der Waals surface area (Å²) in [6.07, 6.45) is 1.62. The number of aryl methyl sites for hydroxylation is 1. The van der Waals surface area contributed by atoms with E-state index in [1.807, 2.05) is 18.2 Å². The third-order valence-electron chi connectivity index (χ3n) is 2.67. The minimum atomic E-state index is 0.614. The highest BCUT2D eigenvalue weighted by atomic mass is 79.9. The molecule has 1 aromatic heterocycles. The first-order chi connectivity index (χ1) is 8.08. The van der Waals surface area contributed by atoms with Gasteiger partial charge in [-0.15, -0.1) is 0 Å². The first-order valence-electron chi connectivity index (χ1n) is 5.22. The number of anilines is 2. The second-order valence-electron chi connectivity index (χ2n) is 3.86. The maximum absolute atomic E-state index is 5.86. The van der Waals surface area contributed by atoms with Crippen LogP contribution in [0, 0.1) is 13.8 Å². The molecule has 0 spiro atoms. The van der Waals surface area contributed by atoms with Crippen molar-refractivity contribution in [1.29, 1.82) is 0 Å². The van der Waals surface area contributed by atoms with Crippen LogP contribution in [-0.4, -0.2) is 4.98 Å². The molecule has 0 aliphatic heterocycles. The van der Waals surface area contributed by atoms with E-state index in [1.165, 1.54) is 11.1 Å². The monoisotopic (exact) mass is 310 g/mol. The summed E-state index contributed by atoms with van der Waals surface area (Å²) < 4.78 is 0.853. The number of benzene rings is 1. The Kier molecular flexibility index (Phi) is 3.69. The summed E-state index contributed by atoms with van der Waals surface area (Å²) in [5.74, 6) is 0.767. The molecule has 0 atom stereocenters. The predicted octanol–water partition coefficient (Wildman–Crippen LogP) is 4.86. The van der Waals surface area contributed by atoms with Crippen LogP contribution < -0.4 is 5.32 Å². The SMILES string of the molecule is Cc1cccc(Nc2ncc(Cl)cc2Br)c1C. The zero-order valence-electron chi connectivity index (χ0n) is 9.59. The summed E-state index contributed by atoms with van der Waals surface area (Å²) >= 11 is 9.29. The fraction of sp³-hybridized carbons (Fsp3) is 0.154. The van der Waals surface area contributed by atoms with Gasteiger partial charge in [0, 0.05) is 11.9 Å². The lowest BCUT2D eigenvalue weighted by Gasteiger charge is -2.11. The Hall–Kier alpha value is -1.06. The fourth-order valence-corrected chi connectivity index (χ4v) is 2.26. The molecule has 2 rings (SSSR count). The van der Waals surface area contributed by atoms with Crippen LogP contribution in [0.4, 0.5) is 11.5 Å². The number of nitrogens with zero attached hydrogens (tertiary/aromatic N) is 1. The van der Waals surface area contributed by atoms with Crippen molar-refractivity contribution >= 4 is 39.0 Å². The zero-order valence-corrected chi connectivity index (χ0v) is 11.9. The standard InChI is InChI=1S/C13H12BrClN2/c1-8-4-3-5-12(9(8)2)17-13-11(14)6-10(15)7-16-13/h3-7H,1-2H3,(H,16,17). The van der Waals surface area contributed by atoms with Crippen molar-refractivity contribution in [3.05, 3.63) is 51.1 Å². The summed E-state index contributed by atoms with van der Waals surface area (Å²) in [5.41, 5.74) is 3.52. The van der Waals surface area contributed by atoms with Gasteiger partial charge in [-0.2, -0.15) is 0 Å². The molecule has 2 aromatic rings. The quantitative estimate of drug-likeness (QED) is 0.857. The lowest BCUT2D eigenvalue weighted by Crippen LogP contribution is -1.97. The number of hydrogen-bond acceptors (Lipinski definition) is 2. The van der Waals surface area contributed by atoms with E-state index in [9.17, 15) is 0 Å². The Morgan fingerprint density at radius 3 is 2.76 bits per heavy atom. The average molecular weight is 312 g/mol. The molecular formula is C13H12BrClN2. The maximum Gasteiger partial charge on any atom is 0.144 e. The lowest BCUT2D eigenvalue weighted by molar-refractivity contribution is 1.26. The van der Waals surface area contributed by atoms with Crippen molar-refractivity contribution in [2.24, 2.45) is 0 Å². The molecule has 0 aliphatic rings. The summed E-state index contributed by atoms with van der Waals surface area (Å²) in [7, 11) is 0. The molecule has 1 aromatic carbocycles. The number of pyridine rings is 1. The van der Waals surface area contributed by atoms with Gasteiger partial charge in [0.1, 0.15) is 5.82 Å². The van der Waals surface area contributed by atoms with E-state index in [4.69, 9.17) is 11.6 Å². The Morgan fingerprint density at radius 2 is 2.06 bits per heavy atom. The second-order valence-corrected chi connectivity index (χ2v) is 5.15. The molecule has 0 radical (unpaired) electrons. The van der Waals surface area contributed by atoms with E-state index >= 15 is 0 Å². The molecular weight excluding hydrogens is 300 g/mol. The van der Waals surface area contributed by atoms with Crippen LogP contribution in [0.15, 0.2) is 34.9 Å². The van der Waals surface area contributed by atoms with Gasteiger partial charge < -0.3 is 5.32 Å². The van der Waals surface area contributed by atoms with Gasteiger partial charge in [-0.3, -0.25) is 0 Å². The predicted molar refractivity (Wildman–Crippen MR) is 76.1 cm³/mol. The molecule has 0 amide bonds. The molecule has 4 heteroatoms. The van der Waals surface area contributed by atoms with Gasteiger partial charge in [-0.1, -0.05) is 23.7 Å². The molecule has 1 heterocycles. The second kappa shape index (κ2) is 5.07. The van der Waals surface area contributed by atoms with E-state index in [1.54, 1.807) is 6.20 Å². The van der Waals surface area contributed by atoms with E-state index in [0.717, 1.165) is 16.0 Å². The Labute approximate surface area is 114 Å². The van der Waals surface area contributed by atoms with Crippen LogP contribution in [0.1, 0.15) is 11.1 Å². The van der Waals surface area contributed by atoms with E-state index in [0.29, 0.717) is 5.02 Å². The Bertz CT molecular complexity index is 555. The number of hydrogen-bond donors (Lipinski definition) is 1. The van der Waals surface area contributed by atoms with Gasteiger partial charge in [-0.05, 0) is 53.0 Å². The number of rotatable bonds is 2. The smallest absolute Gasteiger partial charge is 0.144 e. The molecule has 88 valence electrons. The van der Waals surface area contributed by atoms with Crippen LogP contribution in [0.3, 0.4) is 0 Å². The van der Waals surface area contributed by atoms with Gasteiger partial charge in [0.25, 0.3) is 0 Å². The van der Waals surface area contributed by atoms with Crippen molar-refractivity contribution in [3.63, 3.8) is 0 Å². The molecule has 0 unspecified atom stereocenters. The molecule has 0 bridgehead atoms. The molecule has 0 saturated carbocycles. The molecule has 2 nitrogen and oxygen atoms in total. The summed E-state index contributed by atoms with van der Waals surface area (Å²) in [4.78, 5) is 4.25. The summed E-state index contributed by atoms with van der Waals surface area (Å²) in [6.45, 7) is 4.17. The summed E-state index contributed by atoms with van der Waals surface area (Å²) in [6, 6.07) is 7.96. The zero-order chi connectivity index (χ0) is 12.4. The highest BCUT2D eigenvalue weighted by molar-refractivity contribution is 9.10. The highest BCUT2D eigenvalue weighted by Crippen LogP contribution is 2.28. The van der Waals surface area contributed by atoms with Gasteiger partial charge in [0.15, 0.2) is 0 Å². The third-order valence-corrected chi connectivity index (χ3v) is 3.48. The maximum atomic E-state index is 5.86. The Morgan fingerprint density at radius 1 is 1.29 bits per heavy atom. The van der Waals surface area contributed by atoms with Crippen molar-refractivity contribution in [2.45, 2.75) is 13.8 Å². The molecule has 0 fully saturated rings. The van der Waals surface area contributed by atoms with Crippen molar-refractivity contribution in [3.8, 4) is 0 Å². The first kappa shape index (κ1) is 12.4. The number of aromatic nitrogens is 1. The fourth-order valence-electron chi connectivity index (χ4n) is 1.52. The van der Waals surface area contributed by atoms with Crippen LogP contribution in [0.2, 0.25) is 5.02 Å². The summed E-state index contributed by atoms with van der Waals surface area (Å²) in [5, 5.41) is 3.91. The van der Waals surface area contributed by atoms with Crippen LogP contribution in [0.25, 0.3) is 0 Å². The van der Waals surface area contributed by atoms with Gasteiger partial charge in [-0.25, -0.2) is 4.98 Å². The van der Waals surface area contributed by atoms with E-state index < -0.39 is 0 Å². The van der Waals surface area contributed by atoms with Crippen molar-refractivity contribution < 1.29 is 0 Å². The average Bonchev–Trinajstić information content (AvgIpc) is 2.28. The Balaban J connectivity index is 2.35. The minimum absolute atomic E-state index is 0.614. The van der Waals surface area contributed by atoms with Crippen molar-refractivity contribution in [1.82, 2.24) is 4.98 Å². The molecule has 1 N–H and O–H groups in total. The van der Waals surface area contributed by atoms with Gasteiger partial charge in [0.05, 0.1) is 9.50 Å². The van der Waals surface area contributed by atoms with E-state index in [-0.39, 0.29) is 0 Å². The normalized spacial score (nSPS) is 10.4. The first-order valence-corrected chi connectivity index (χ1v) is 6.39. The van der Waals surface area contributed by atoms with Gasteiger partial charge >= 0.3 is 0 Å². The number of halogens is 2. The highest BCUT2D eigenvalue weighted by Gasteiger charge is 2.05. The molecule has 0 saturated heterocycles. The largest absolute Gasteiger partial charge is 0.339 e.